The zero-order chi connectivity index (χ0) is 5.28. The van der Waals surface area contributed by atoms with Gasteiger partial charge in [-0.1, -0.05) is 0 Å². The summed E-state index contributed by atoms with van der Waals surface area (Å²) in [5.41, 5.74) is 0. The first-order chi connectivity index (χ1) is 3.30. The van der Waals surface area contributed by atoms with E-state index in [9.17, 15) is 0 Å². The molecule has 1 rings (SSSR count). The van der Waals surface area contributed by atoms with E-state index in [2.05, 4.69) is 12.6 Å². The first-order valence-corrected chi connectivity index (χ1v) is 2.48. The van der Waals surface area contributed by atoms with Crippen molar-refractivity contribution < 1.29 is 4.42 Å². The van der Waals surface area contributed by atoms with Crippen LogP contribution in [0.5, 0.6) is 0 Å². The van der Waals surface area contributed by atoms with Gasteiger partial charge in [0.1, 0.15) is 5.76 Å². The van der Waals surface area contributed by atoms with E-state index in [0.29, 0.717) is 0 Å². The molecule has 1 heterocycles. The third kappa shape index (κ3) is 1.86. The molecule has 0 saturated heterocycles. The van der Waals surface area contributed by atoms with E-state index in [1.54, 1.807) is 6.26 Å². The molecule has 0 saturated carbocycles. The summed E-state index contributed by atoms with van der Waals surface area (Å²) in [6, 6.07) is 1.82. The van der Waals surface area contributed by atoms with Crippen LogP contribution in [-0.4, -0.2) is 29.6 Å². The Balaban J connectivity index is 0.000000490. The average Bonchev–Trinajstić information content (AvgIpc) is 1.91. The molecule has 0 aromatic carbocycles. The molecule has 0 aliphatic rings. The fraction of sp³-hybridized carbons (Fsp3) is 0.200. The van der Waals surface area contributed by atoms with Crippen molar-refractivity contribution >= 4 is 42.2 Å². The van der Waals surface area contributed by atoms with Crippen molar-refractivity contribution in [2.45, 2.75) is 11.8 Å². The third-order valence-electron chi connectivity index (χ3n) is 0.831. The van der Waals surface area contributed by atoms with Gasteiger partial charge >= 0.3 is 29.6 Å². The van der Waals surface area contributed by atoms with Gasteiger partial charge in [0.2, 0.25) is 0 Å². The molecule has 0 amide bonds. The monoisotopic (exact) mass is 138 g/mol. The second kappa shape index (κ2) is 3.62. The van der Waals surface area contributed by atoms with Crippen molar-refractivity contribution in [3.05, 3.63) is 18.1 Å². The van der Waals surface area contributed by atoms with Gasteiger partial charge in [0.15, 0.2) is 0 Å². The maximum absolute atomic E-state index is 4.89. The summed E-state index contributed by atoms with van der Waals surface area (Å²) >= 11 is 4.06. The van der Waals surface area contributed by atoms with E-state index in [1.807, 2.05) is 13.0 Å². The predicted molar refractivity (Wildman–Crippen MR) is 37.8 cm³/mol. The van der Waals surface area contributed by atoms with Crippen molar-refractivity contribution in [3.8, 4) is 0 Å². The normalized spacial score (nSPS) is 8.25. The molecule has 0 aliphatic heterocycles. The van der Waals surface area contributed by atoms with Crippen molar-refractivity contribution in [2.24, 2.45) is 0 Å². The Morgan fingerprint density at radius 3 is 2.38 bits per heavy atom. The first kappa shape index (κ1) is 8.63. The molecule has 0 N–H and O–H groups in total. The van der Waals surface area contributed by atoms with E-state index in [4.69, 9.17) is 4.42 Å². The van der Waals surface area contributed by atoms with E-state index in [1.165, 1.54) is 0 Å². The van der Waals surface area contributed by atoms with Crippen LogP contribution in [0.2, 0.25) is 0 Å². The fourth-order valence-corrected chi connectivity index (χ4v) is 0.492. The molecule has 3 heteroatoms. The van der Waals surface area contributed by atoms with Crippen LogP contribution in [0.1, 0.15) is 5.76 Å². The number of furan rings is 1. The summed E-state index contributed by atoms with van der Waals surface area (Å²) < 4.78 is 4.89. The Labute approximate surface area is 76.2 Å². The van der Waals surface area contributed by atoms with Crippen LogP contribution in [0, 0.1) is 6.92 Å². The van der Waals surface area contributed by atoms with Crippen molar-refractivity contribution in [1.29, 1.82) is 0 Å². The van der Waals surface area contributed by atoms with Crippen LogP contribution < -0.4 is 0 Å². The van der Waals surface area contributed by atoms with Gasteiger partial charge in [-0.15, -0.1) is 12.6 Å². The third-order valence-corrected chi connectivity index (χ3v) is 1.30. The molecule has 0 radical (unpaired) electrons. The molecule has 0 aliphatic carbocycles. The molecule has 0 unspecified atom stereocenters. The molecule has 8 heavy (non-hydrogen) atoms. The molecule has 40 valence electrons. The fourth-order valence-electron chi connectivity index (χ4n) is 0.378. The minimum absolute atomic E-state index is 0. The molecule has 1 nitrogen and oxygen atoms in total. The van der Waals surface area contributed by atoms with Gasteiger partial charge in [-0.2, -0.15) is 0 Å². The Morgan fingerprint density at radius 2 is 2.25 bits per heavy atom. The summed E-state index contributed by atoms with van der Waals surface area (Å²) in [6.45, 7) is 1.88. The molecule has 0 bridgehead atoms. The van der Waals surface area contributed by atoms with Crippen LogP contribution in [0.3, 0.4) is 0 Å². The van der Waals surface area contributed by atoms with Gasteiger partial charge in [-0.25, -0.2) is 0 Å². The van der Waals surface area contributed by atoms with E-state index < -0.39 is 0 Å². The van der Waals surface area contributed by atoms with Crippen LogP contribution in [-0.2, 0) is 0 Å². The Kier molecular flexibility index (Phi) is 3.90. The number of hydrogen-bond acceptors (Lipinski definition) is 2. The van der Waals surface area contributed by atoms with E-state index >= 15 is 0 Å². The molecule has 0 fully saturated rings. The van der Waals surface area contributed by atoms with Crippen molar-refractivity contribution in [1.82, 2.24) is 0 Å². The number of thiol groups is 1. The van der Waals surface area contributed by atoms with Crippen LogP contribution >= 0.6 is 12.6 Å². The Bertz CT molecular complexity index is 145. The van der Waals surface area contributed by atoms with Crippen molar-refractivity contribution in [3.63, 3.8) is 0 Å². The average molecular weight is 138 g/mol. The summed E-state index contributed by atoms with van der Waals surface area (Å²) in [7, 11) is 0. The van der Waals surface area contributed by atoms with Gasteiger partial charge in [-0.3, -0.25) is 0 Å². The quantitative estimate of drug-likeness (QED) is 0.420. The van der Waals surface area contributed by atoms with Gasteiger partial charge in [-0.05, 0) is 13.0 Å². The summed E-state index contributed by atoms with van der Waals surface area (Å²) in [4.78, 5) is 0.917. The summed E-state index contributed by atoms with van der Waals surface area (Å²) in [5, 5.41) is 0. The van der Waals surface area contributed by atoms with Crippen LogP contribution in [0.25, 0.3) is 0 Å². The maximum atomic E-state index is 4.89. The number of rotatable bonds is 0. The van der Waals surface area contributed by atoms with Gasteiger partial charge < -0.3 is 4.42 Å². The minimum atomic E-state index is 0. The Hall–Kier alpha value is 0.630. The second-order valence-electron chi connectivity index (χ2n) is 1.36. The van der Waals surface area contributed by atoms with Gasteiger partial charge in [0.05, 0.1) is 6.26 Å². The topological polar surface area (TPSA) is 13.1 Å². The SMILES string of the molecule is Cc1occc1S.[NaH]. The van der Waals surface area contributed by atoms with Crippen molar-refractivity contribution in [2.75, 3.05) is 0 Å². The molecular formula is C5H7NaOS. The van der Waals surface area contributed by atoms with Crippen LogP contribution in [0.15, 0.2) is 21.6 Å². The second-order valence-corrected chi connectivity index (χ2v) is 1.84. The summed E-state index contributed by atoms with van der Waals surface area (Å²) in [6.07, 6.45) is 1.62. The van der Waals surface area contributed by atoms with Gasteiger partial charge in [0, 0.05) is 4.90 Å². The van der Waals surface area contributed by atoms with E-state index in [0.717, 1.165) is 10.7 Å². The molecule has 0 atom stereocenters. The zero-order valence-corrected chi connectivity index (χ0v) is 4.90. The van der Waals surface area contributed by atoms with Crippen LogP contribution in [0.4, 0.5) is 0 Å². The van der Waals surface area contributed by atoms with Gasteiger partial charge in [0.25, 0.3) is 0 Å². The molecule has 1 aromatic heterocycles. The predicted octanol–water partition coefficient (Wildman–Crippen LogP) is 1.23. The molecular weight excluding hydrogens is 131 g/mol. The standard InChI is InChI=1S/C5H6OS.Na.H/c1-4-5(7)2-3-6-4;;/h2-3,7H,1H3;;. The van der Waals surface area contributed by atoms with E-state index in [-0.39, 0.29) is 29.6 Å². The molecule has 0 spiro atoms. The number of hydrogen-bond donors (Lipinski definition) is 1. The zero-order valence-electron chi connectivity index (χ0n) is 4.01. The number of aryl methyl sites for hydroxylation is 1. The first-order valence-electron chi connectivity index (χ1n) is 2.04. The molecule has 1 aromatic rings. The summed E-state index contributed by atoms with van der Waals surface area (Å²) in [5.74, 6) is 0.878. The Morgan fingerprint density at radius 1 is 1.62 bits per heavy atom.